The summed E-state index contributed by atoms with van der Waals surface area (Å²) in [6.45, 7) is 1.84. The Morgan fingerprint density at radius 3 is 2.83 bits per heavy atom. The SMILES string of the molecule is O=C(O)CC1COCCN1C1CCCCCC1O. The van der Waals surface area contributed by atoms with E-state index in [-0.39, 0.29) is 24.6 Å². The topological polar surface area (TPSA) is 70.0 Å². The number of carbonyl (C=O) groups is 1. The molecule has 0 aromatic heterocycles. The first-order chi connectivity index (χ1) is 8.68. The van der Waals surface area contributed by atoms with Crippen LogP contribution in [-0.4, -0.2) is 59.0 Å². The molecular formula is C13H23NO4. The smallest absolute Gasteiger partial charge is 0.305 e. The van der Waals surface area contributed by atoms with E-state index in [4.69, 9.17) is 9.84 Å². The van der Waals surface area contributed by atoms with Gasteiger partial charge in [-0.15, -0.1) is 0 Å². The maximum absolute atomic E-state index is 10.9. The van der Waals surface area contributed by atoms with Crippen molar-refractivity contribution in [3.05, 3.63) is 0 Å². The number of hydrogen-bond donors (Lipinski definition) is 2. The van der Waals surface area contributed by atoms with Crippen molar-refractivity contribution in [2.45, 2.75) is 56.7 Å². The van der Waals surface area contributed by atoms with Crippen molar-refractivity contribution in [1.82, 2.24) is 4.90 Å². The van der Waals surface area contributed by atoms with E-state index < -0.39 is 5.97 Å². The number of nitrogens with zero attached hydrogens (tertiary/aromatic N) is 1. The minimum atomic E-state index is -0.793. The normalized spacial score (nSPS) is 35.1. The molecule has 1 aliphatic carbocycles. The van der Waals surface area contributed by atoms with Gasteiger partial charge < -0.3 is 14.9 Å². The molecule has 3 unspecified atom stereocenters. The van der Waals surface area contributed by atoms with Gasteiger partial charge >= 0.3 is 5.97 Å². The first-order valence-electron chi connectivity index (χ1n) is 6.92. The van der Waals surface area contributed by atoms with Crippen LogP contribution in [0.15, 0.2) is 0 Å². The van der Waals surface area contributed by atoms with Gasteiger partial charge in [0.25, 0.3) is 0 Å². The lowest BCUT2D eigenvalue weighted by molar-refractivity contribution is -0.142. The lowest BCUT2D eigenvalue weighted by Gasteiger charge is -2.42. The average molecular weight is 257 g/mol. The Bertz CT molecular complexity index is 284. The summed E-state index contributed by atoms with van der Waals surface area (Å²) in [7, 11) is 0. The lowest BCUT2D eigenvalue weighted by atomic mass is 10.00. The highest BCUT2D eigenvalue weighted by atomic mass is 16.5. The average Bonchev–Trinajstić information content (AvgIpc) is 2.54. The fraction of sp³-hybridized carbons (Fsp3) is 0.923. The van der Waals surface area contributed by atoms with Gasteiger partial charge in [-0.3, -0.25) is 9.69 Å². The summed E-state index contributed by atoms with van der Waals surface area (Å²) in [5.74, 6) is -0.793. The van der Waals surface area contributed by atoms with Crippen molar-refractivity contribution in [3.8, 4) is 0 Å². The number of aliphatic hydroxyl groups excluding tert-OH is 1. The molecule has 1 aliphatic heterocycles. The Hall–Kier alpha value is -0.650. The zero-order chi connectivity index (χ0) is 13.0. The van der Waals surface area contributed by atoms with E-state index in [2.05, 4.69) is 4.90 Å². The van der Waals surface area contributed by atoms with Crippen LogP contribution in [0.4, 0.5) is 0 Å². The molecule has 0 spiro atoms. The predicted molar refractivity (Wildman–Crippen MR) is 66.4 cm³/mol. The molecule has 3 atom stereocenters. The van der Waals surface area contributed by atoms with Crippen LogP contribution >= 0.6 is 0 Å². The second kappa shape index (κ2) is 6.50. The van der Waals surface area contributed by atoms with E-state index in [1.54, 1.807) is 0 Å². The predicted octanol–water partition coefficient (Wildman–Crippen LogP) is 0.855. The molecule has 5 nitrogen and oxygen atoms in total. The van der Waals surface area contributed by atoms with Crippen LogP contribution in [0.3, 0.4) is 0 Å². The number of hydrogen-bond acceptors (Lipinski definition) is 4. The molecule has 5 heteroatoms. The van der Waals surface area contributed by atoms with Crippen molar-refractivity contribution in [2.24, 2.45) is 0 Å². The highest BCUT2D eigenvalue weighted by molar-refractivity contribution is 5.67. The molecule has 18 heavy (non-hydrogen) atoms. The molecule has 104 valence electrons. The number of aliphatic carboxylic acids is 1. The largest absolute Gasteiger partial charge is 0.481 e. The van der Waals surface area contributed by atoms with Crippen molar-refractivity contribution >= 4 is 5.97 Å². The minimum Gasteiger partial charge on any atom is -0.481 e. The van der Waals surface area contributed by atoms with Gasteiger partial charge in [-0.1, -0.05) is 19.3 Å². The Kier molecular flexibility index (Phi) is 4.97. The fourth-order valence-electron chi connectivity index (χ4n) is 3.14. The third kappa shape index (κ3) is 3.43. The summed E-state index contributed by atoms with van der Waals surface area (Å²) in [5.41, 5.74) is 0. The van der Waals surface area contributed by atoms with Crippen LogP contribution in [0.2, 0.25) is 0 Å². The summed E-state index contributed by atoms with van der Waals surface area (Å²) in [6.07, 6.45) is 4.95. The molecule has 2 N–H and O–H groups in total. The third-order valence-electron chi connectivity index (χ3n) is 4.05. The van der Waals surface area contributed by atoms with Crippen molar-refractivity contribution in [3.63, 3.8) is 0 Å². The first-order valence-corrected chi connectivity index (χ1v) is 6.92. The molecule has 0 aromatic carbocycles. The summed E-state index contributed by atoms with van der Waals surface area (Å²) in [4.78, 5) is 13.1. The second-order valence-corrected chi connectivity index (χ2v) is 5.34. The minimum absolute atomic E-state index is 0.0889. The van der Waals surface area contributed by atoms with Gasteiger partial charge in [0.15, 0.2) is 0 Å². The van der Waals surface area contributed by atoms with Crippen LogP contribution in [0.25, 0.3) is 0 Å². The standard InChI is InChI=1S/C13H23NO4/c15-12-5-3-1-2-4-11(12)14-6-7-18-9-10(14)8-13(16)17/h10-12,15H,1-9H2,(H,16,17). The van der Waals surface area contributed by atoms with E-state index in [1.807, 2.05) is 0 Å². The molecule has 0 aromatic rings. The van der Waals surface area contributed by atoms with E-state index >= 15 is 0 Å². The third-order valence-corrected chi connectivity index (χ3v) is 4.05. The zero-order valence-electron chi connectivity index (χ0n) is 10.8. The van der Waals surface area contributed by atoms with Crippen LogP contribution < -0.4 is 0 Å². The molecule has 0 amide bonds. The monoisotopic (exact) mass is 257 g/mol. The highest BCUT2D eigenvalue weighted by Gasteiger charge is 2.34. The van der Waals surface area contributed by atoms with Gasteiger partial charge in [-0.25, -0.2) is 0 Å². The van der Waals surface area contributed by atoms with Crippen LogP contribution in [0.1, 0.15) is 38.5 Å². The van der Waals surface area contributed by atoms with E-state index in [9.17, 15) is 9.90 Å². The van der Waals surface area contributed by atoms with Crippen LogP contribution in [0, 0.1) is 0 Å². The maximum Gasteiger partial charge on any atom is 0.305 e. The molecule has 1 heterocycles. The Morgan fingerprint density at radius 2 is 2.06 bits per heavy atom. The summed E-state index contributed by atoms with van der Waals surface area (Å²) >= 11 is 0. The van der Waals surface area contributed by atoms with Gasteiger partial charge in [0, 0.05) is 18.6 Å². The molecule has 1 saturated heterocycles. The second-order valence-electron chi connectivity index (χ2n) is 5.34. The van der Waals surface area contributed by atoms with E-state index in [0.29, 0.717) is 13.2 Å². The summed E-state index contributed by atoms with van der Waals surface area (Å²) < 4.78 is 5.38. The summed E-state index contributed by atoms with van der Waals surface area (Å²) in [5, 5.41) is 19.2. The van der Waals surface area contributed by atoms with Crippen LogP contribution in [-0.2, 0) is 9.53 Å². The Balaban J connectivity index is 2.03. The Morgan fingerprint density at radius 1 is 1.28 bits per heavy atom. The maximum atomic E-state index is 10.9. The molecule has 1 saturated carbocycles. The lowest BCUT2D eigenvalue weighted by Crippen LogP contribution is -2.55. The van der Waals surface area contributed by atoms with Gasteiger partial charge in [-0.2, -0.15) is 0 Å². The van der Waals surface area contributed by atoms with E-state index in [0.717, 1.165) is 32.2 Å². The van der Waals surface area contributed by atoms with Gasteiger partial charge in [0.2, 0.25) is 0 Å². The number of carboxylic acids is 1. The highest BCUT2D eigenvalue weighted by Crippen LogP contribution is 2.26. The molecule has 0 radical (unpaired) electrons. The van der Waals surface area contributed by atoms with Crippen LogP contribution in [0.5, 0.6) is 0 Å². The number of aliphatic hydroxyl groups is 1. The molecule has 0 bridgehead atoms. The van der Waals surface area contributed by atoms with Crippen molar-refractivity contribution in [2.75, 3.05) is 19.8 Å². The van der Waals surface area contributed by atoms with E-state index in [1.165, 1.54) is 6.42 Å². The zero-order valence-corrected chi connectivity index (χ0v) is 10.8. The first kappa shape index (κ1) is 13.8. The molecule has 2 rings (SSSR count). The Labute approximate surface area is 108 Å². The fourth-order valence-corrected chi connectivity index (χ4v) is 3.14. The number of ether oxygens (including phenoxy) is 1. The van der Waals surface area contributed by atoms with Gasteiger partial charge in [0.1, 0.15) is 0 Å². The molecule has 2 aliphatic rings. The van der Waals surface area contributed by atoms with Crippen molar-refractivity contribution in [1.29, 1.82) is 0 Å². The molecule has 2 fully saturated rings. The quantitative estimate of drug-likeness (QED) is 0.734. The number of rotatable bonds is 3. The summed E-state index contributed by atoms with van der Waals surface area (Å²) in [6, 6.07) is 0.0229. The number of morpholine rings is 1. The molecular weight excluding hydrogens is 234 g/mol. The van der Waals surface area contributed by atoms with Gasteiger partial charge in [-0.05, 0) is 12.8 Å². The number of carboxylic acid groups (broad SMARTS) is 1. The van der Waals surface area contributed by atoms with Crippen molar-refractivity contribution < 1.29 is 19.7 Å². The van der Waals surface area contributed by atoms with Gasteiger partial charge in [0.05, 0.1) is 25.7 Å².